The van der Waals surface area contributed by atoms with Crippen LogP contribution in [0.1, 0.15) is 33.6 Å². The van der Waals surface area contributed by atoms with Crippen LogP contribution in [0.15, 0.2) is 29.6 Å². The molecule has 0 saturated carbocycles. The first-order chi connectivity index (χ1) is 13.5. The van der Waals surface area contributed by atoms with Gasteiger partial charge >= 0.3 is 0 Å². The number of rotatable bonds is 3. The van der Waals surface area contributed by atoms with Crippen LogP contribution in [0.25, 0.3) is 0 Å². The van der Waals surface area contributed by atoms with Crippen LogP contribution in [-0.4, -0.2) is 43.0 Å². The minimum atomic E-state index is -0.409. The molecule has 2 aromatic rings. The third kappa shape index (κ3) is 3.79. The van der Waals surface area contributed by atoms with Crippen LogP contribution in [0.2, 0.25) is 10.0 Å². The molecule has 1 spiro atoms. The highest BCUT2D eigenvalue weighted by Crippen LogP contribution is 2.44. The minimum Gasteiger partial charge on any atom is -0.369 e. The van der Waals surface area contributed by atoms with Crippen molar-refractivity contribution in [2.75, 3.05) is 26.2 Å². The molecule has 28 heavy (non-hydrogen) atoms. The molecule has 2 aliphatic heterocycles. The molecule has 0 unspecified atom stereocenters. The summed E-state index contributed by atoms with van der Waals surface area (Å²) in [7, 11) is 0. The highest BCUT2D eigenvalue weighted by atomic mass is 35.5. The van der Waals surface area contributed by atoms with Crippen LogP contribution in [0.4, 0.5) is 0 Å². The number of piperidine rings is 1. The summed E-state index contributed by atoms with van der Waals surface area (Å²) in [6.45, 7) is 1.89. The van der Waals surface area contributed by atoms with Gasteiger partial charge in [0.1, 0.15) is 5.60 Å². The second kappa shape index (κ2) is 8.03. The van der Waals surface area contributed by atoms with E-state index in [9.17, 15) is 9.59 Å². The minimum absolute atomic E-state index is 0.0697. The van der Waals surface area contributed by atoms with Crippen LogP contribution in [-0.2, 0) is 21.6 Å². The fraction of sp³-hybridized carbons (Fsp3) is 0.400. The van der Waals surface area contributed by atoms with Crippen molar-refractivity contribution in [3.63, 3.8) is 0 Å². The second-order valence-corrected chi connectivity index (χ2v) is 8.82. The number of nitrogens with zero attached hydrogens (tertiary/aromatic N) is 1. The SMILES string of the molecule is O=C(NCC(=O)N1CCC2(CC1)OCCc1ccsc12)c1cc(Cl)ccc1Cl. The Bertz CT molecular complexity index is 907. The lowest BCUT2D eigenvalue weighted by Gasteiger charge is -2.43. The molecule has 1 fully saturated rings. The van der Waals surface area contributed by atoms with E-state index in [1.807, 2.05) is 0 Å². The molecule has 0 radical (unpaired) electrons. The van der Waals surface area contributed by atoms with Gasteiger partial charge in [0.15, 0.2) is 0 Å². The van der Waals surface area contributed by atoms with Gasteiger partial charge in [0.2, 0.25) is 5.91 Å². The zero-order chi connectivity index (χ0) is 19.7. The molecular weight excluding hydrogens is 419 g/mol. The lowest BCUT2D eigenvalue weighted by molar-refractivity contribution is -0.139. The van der Waals surface area contributed by atoms with Gasteiger partial charge in [-0.25, -0.2) is 0 Å². The maximum atomic E-state index is 12.6. The van der Waals surface area contributed by atoms with Crippen molar-refractivity contribution in [1.29, 1.82) is 0 Å². The van der Waals surface area contributed by atoms with Gasteiger partial charge in [-0.1, -0.05) is 23.2 Å². The molecule has 2 amide bonds. The number of fused-ring (bicyclic) bond motifs is 2. The van der Waals surface area contributed by atoms with E-state index in [-0.39, 0.29) is 23.6 Å². The average molecular weight is 439 g/mol. The fourth-order valence-electron chi connectivity index (χ4n) is 3.88. The molecule has 5 nitrogen and oxygen atoms in total. The Hall–Kier alpha value is -1.60. The van der Waals surface area contributed by atoms with Gasteiger partial charge in [-0.2, -0.15) is 0 Å². The van der Waals surface area contributed by atoms with E-state index in [2.05, 4.69) is 16.8 Å². The Balaban J connectivity index is 1.34. The third-order valence-corrected chi connectivity index (χ3v) is 7.11. The summed E-state index contributed by atoms with van der Waals surface area (Å²) in [6, 6.07) is 6.85. The molecule has 8 heteroatoms. The standard InChI is InChI=1S/C20H20Cl2N2O3S/c21-14-1-2-16(22)15(11-14)19(26)23-12-17(25)24-7-5-20(6-8-24)18-13(3-9-27-20)4-10-28-18/h1-2,4,10-11H,3,5-9,12H2,(H,23,26). The summed E-state index contributed by atoms with van der Waals surface area (Å²) in [4.78, 5) is 28.0. The van der Waals surface area contributed by atoms with Gasteiger partial charge < -0.3 is 15.0 Å². The Morgan fingerprint density at radius 3 is 2.79 bits per heavy atom. The number of halogens is 2. The number of nitrogens with one attached hydrogen (secondary N) is 1. The molecule has 0 atom stereocenters. The number of carbonyl (C=O) groups excluding carboxylic acids is 2. The first-order valence-corrected chi connectivity index (χ1v) is 10.8. The van der Waals surface area contributed by atoms with Crippen molar-refractivity contribution < 1.29 is 14.3 Å². The summed E-state index contributed by atoms with van der Waals surface area (Å²) in [6.07, 6.45) is 2.52. The van der Waals surface area contributed by atoms with Crippen molar-refractivity contribution in [2.45, 2.75) is 24.9 Å². The van der Waals surface area contributed by atoms with E-state index >= 15 is 0 Å². The lowest BCUT2D eigenvalue weighted by Crippen LogP contribution is -2.50. The molecule has 0 aliphatic carbocycles. The van der Waals surface area contributed by atoms with Gasteiger partial charge in [0, 0.05) is 23.0 Å². The first-order valence-electron chi connectivity index (χ1n) is 9.20. The van der Waals surface area contributed by atoms with Gasteiger partial charge in [0.25, 0.3) is 5.91 Å². The molecule has 1 N–H and O–H groups in total. The van der Waals surface area contributed by atoms with Crippen LogP contribution < -0.4 is 5.32 Å². The van der Waals surface area contributed by atoms with Gasteiger partial charge in [-0.15, -0.1) is 11.3 Å². The van der Waals surface area contributed by atoms with Crippen LogP contribution in [0.3, 0.4) is 0 Å². The van der Waals surface area contributed by atoms with Gasteiger partial charge in [-0.05, 0) is 54.5 Å². The highest BCUT2D eigenvalue weighted by Gasteiger charge is 2.42. The molecule has 1 aromatic carbocycles. The van der Waals surface area contributed by atoms with Crippen molar-refractivity contribution in [3.05, 3.63) is 55.7 Å². The topological polar surface area (TPSA) is 58.6 Å². The number of carbonyl (C=O) groups is 2. The Morgan fingerprint density at radius 2 is 2.00 bits per heavy atom. The van der Waals surface area contributed by atoms with Crippen molar-refractivity contribution in [3.8, 4) is 0 Å². The van der Waals surface area contributed by atoms with E-state index in [0.717, 1.165) is 25.9 Å². The van der Waals surface area contributed by atoms with Gasteiger partial charge in [-0.3, -0.25) is 9.59 Å². The molecule has 2 aliphatic rings. The van der Waals surface area contributed by atoms with Crippen molar-refractivity contribution in [1.82, 2.24) is 10.2 Å². The molecule has 4 rings (SSSR count). The quantitative estimate of drug-likeness (QED) is 0.790. The number of ether oxygens (including phenoxy) is 1. The van der Waals surface area contributed by atoms with E-state index in [1.54, 1.807) is 28.4 Å². The zero-order valence-electron chi connectivity index (χ0n) is 15.2. The predicted octanol–water partition coefficient (Wildman–Crippen LogP) is 3.88. The first kappa shape index (κ1) is 19.7. The second-order valence-electron chi connectivity index (χ2n) is 7.06. The van der Waals surface area contributed by atoms with Gasteiger partial charge in [0.05, 0.1) is 23.7 Å². The number of hydrogen-bond acceptors (Lipinski definition) is 4. The molecular formula is C20H20Cl2N2O3S. The lowest BCUT2D eigenvalue weighted by atomic mass is 9.85. The Morgan fingerprint density at radius 1 is 1.21 bits per heavy atom. The molecule has 1 aromatic heterocycles. The van der Waals surface area contributed by atoms with Crippen LogP contribution >= 0.6 is 34.5 Å². The predicted molar refractivity (Wildman–Crippen MR) is 110 cm³/mol. The number of amides is 2. The van der Waals surface area contributed by atoms with Crippen LogP contribution in [0.5, 0.6) is 0 Å². The van der Waals surface area contributed by atoms with E-state index < -0.39 is 5.91 Å². The molecule has 0 bridgehead atoms. The summed E-state index contributed by atoms with van der Waals surface area (Å²) in [5, 5.41) is 5.48. The Kier molecular flexibility index (Phi) is 5.65. The molecule has 1 saturated heterocycles. The summed E-state index contributed by atoms with van der Waals surface area (Å²) in [5.41, 5.74) is 1.39. The molecule has 3 heterocycles. The molecule has 148 valence electrons. The third-order valence-electron chi connectivity index (χ3n) is 5.41. The smallest absolute Gasteiger partial charge is 0.253 e. The maximum absolute atomic E-state index is 12.6. The zero-order valence-corrected chi connectivity index (χ0v) is 17.5. The van der Waals surface area contributed by atoms with E-state index in [0.29, 0.717) is 23.1 Å². The van der Waals surface area contributed by atoms with Crippen LogP contribution in [0, 0.1) is 0 Å². The Labute approximate surface area is 177 Å². The number of likely N-dealkylation sites (tertiary alicyclic amines) is 1. The fourth-order valence-corrected chi connectivity index (χ4v) is 5.42. The van der Waals surface area contributed by atoms with E-state index in [1.165, 1.54) is 16.5 Å². The number of thiophene rings is 1. The summed E-state index contributed by atoms with van der Waals surface area (Å²) in [5.74, 6) is -0.517. The maximum Gasteiger partial charge on any atom is 0.253 e. The normalized spacial score (nSPS) is 18.0. The summed E-state index contributed by atoms with van der Waals surface area (Å²) >= 11 is 13.7. The largest absolute Gasteiger partial charge is 0.369 e. The van der Waals surface area contributed by atoms with Crippen molar-refractivity contribution in [2.24, 2.45) is 0 Å². The highest BCUT2D eigenvalue weighted by molar-refractivity contribution is 7.10. The van der Waals surface area contributed by atoms with E-state index in [4.69, 9.17) is 27.9 Å². The monoisotopic (exact) mass is 438 g/mol. The number of benzene rings is 1. The average Bonchev–Trinajstić information content (AvgIpc) is 3.19. The van der Waals surface area contributed by atoms with Crippen molar-refractivity contribution >= 4 is 46.4 Å². The summed E-state index contributed by atoms with van der Waals surface area (Å²) < 4.78 is 6.18. The number of hydrogen-bond donors (Lipinski definition) is 1.